The Labute approximate surface area is 300 Å². The van der Waals surface area contributed by atoms with Crippen LogP contribution in [0, 0.1) is 0 Å². The van der Waals surface area contributed by atoms with E-state index in [1.165, 1.54) is 71.4 Å². The normalized spacial score (nSPS) is 11.9. The van der Waals surface area contributed by atoms with Gasteiger partial charge in [-0.3, -0.25) is 0 Å². The van der Waals surface area contributed by atoms with Gasteiger partial charge in [0.15, 0.2) is 0 Å². The SMILES string of the molecule is c1ccc(Cn2c3ccc(-c4ccccc4)cc3c3cc4c(cc32)c2cc(-c3ccccc3)ccc2n4-c2ccc3oc4ccccc4c3c2)cc1. The van der Waals surface area contributed by atoms with Gasteiger partial charge in [0, 0.05) is 50.1 Å². The summed E-state index contributed by atoms with van der Waals surface area (Å²) < 4.78 is 11.2. The van der Waals surface area contributed by atoms with Crippen molar-refractivity contribution < 1.29 is 4.42 Å². The van der Waals surface area contributed by atoms with Crippen LogP contribution < -0.4 is 0 Å². The number of hydrogen-bond donors (Lipinski definition) is 0. The van der Waals surface area contributed by atoms with Crippen LogP contribution in [0.4, 0.5) is 0 Å². The highest BCUT2D eigenvalue weighted by Crippen LogP contribution is 2.42. The van der Waals surface area contributed by atoms with Gasteiger partial charge in [-0.05, 0) is 88.5 Å². The lowest BCUT2D eigenvalue weighted by Crippen LogP contribution is -1.99. The molecule has 3 heteroatoms. The van der Waals surface area contributed by atoms with E-state index in [1.54, 1.807) is 0 Å². The fraction of sp³-hybridized carbons (Fsp3) is 0.0204. The molecule has 11 rings (SSSR count). The van der Waals surface area contributed by atoms with Crippen molar-refractivity contribution in [2.75, 3.05) is 0 Å². The summed E-state index contributed by atoms with van der Waals surface area (Å²) >= 11 is 0. The van der Waals surface area contributed by atoms with Crippen LogP contribution in [0.1, 0.15) is 5.56 Å². The monoisotopic (exact) mass is 664 g/mol. The van der Waals surface area contributed by atoms with Crippen LogP contribution in [-0.2, 0) is 6.54 Å². The van der Waals surface area contributed by atoms with E-state index in [2.05, 4.69) is 179 Å². The van der Waals surface area contributed by atoms with E-state index in [1.807, 2.05) is 12.1 Å². The summed E-state index contributed by atoms with van der Waals surface area (Å²) in [5.41, 5.74) is 13.9. The second kappa shape index (κ2) is 11.3. The Bertz CT molecular complexity index is 3130. The molecule has 0 spiro atoms. The summed E-state index contributed by atoms with van der Waals surface area (Å²) in [6.45, 7) is 0.787. The third-order valence-electron chi connectivity index (χ3n) is 10.8. The van der Waals surface area contributed by atoms with Gasteiger partial charge in [-0.1, -0.05) is 121 Å². The Morgan fingerprint density at radius 3 is 1.63 bits per heavy atom. The molecule has 52 heavy (non-hydrogen) atoms. The van der Waals surface area contributed by atoms with Crippen LogP contribution in [0.15, 0.2) is 186 Å². The first kappa shape index (κ1) is 28.9. The Morgan fingerprint density at radius 1 is 0.346 bits per heavy atom. The van der Waals surface area contributed by atoms with Crippen molar-refractivity contribution in [2.45, 2.75) is 6.54 Å². The van der Waals surface area contributed by atoms with Crippen molar-refractivity contribution in [3.8, 4) is 27.9 Å². The Morgan fingerprint density at radius 2 is 0.904 bits per heavy atom. The summed E-state index contributed by atoms with van der Waals surface area (Å²) in [7, 11) is 0. The van der Waals surface area contributed by atoms with E-state index in [0.717, 1.165) is 34.2 Å². The number of fused-ring (bicyclic) bond motifs is 9. The number of hydrogen-bond acceptors (Lipinski definition) is 1. The average molecular weight is 665 g/mol. The molecule has 3 aromatic heterocycles. The molecule has 0 aliphatic heterocycles. The summed E-state index contributed by atoms with van der Waals surface area (Å²) in [6, 6.07) is 65.9. The maximum absolute atomic E-state index is 6.26. The number of aromatic nitrogens is 2. The first-order chi connectivity index (χ1) is 25.8. The van der Waals surface area contributed by atoms with Gasteiger partial charge in [0.05, 0.1) is 16.6 Å². The smallest absolute Gasteiger partial charge is 0.135 e. The summed E-state index contributed by atoms with van der Waals surface area (Å²) in [5.74, 6) is 0. The molecule has 0 bridgehead atoms. The Balaban J connectivity index is 1.25. The predicted molar refractivity (Wildman–Crippen MR) is 217 cm³/mol. The van der Waals surface area contributed by atoms with Gasteiger partial charge in [-0.25, -0.2) is 0 Å². The van der Waals surface area contributed by atoms with Gasteiger partial charge in [0.25, 0.3) is 0 Å². The van der Waals surface area contributed by atoms with E-state index >= 15 is 0 Å². The minimum absolute atomic E-state index is 0.787. The largest absolute Gasteiger partial charge is 0.456 e. The molecule has 0 aliphatic rings. The highest BCUT2D eigenvalue weighted by molar-refractivity contribution is 6.19. The number of furan rings is 1. The molecule has 0 N–H and O–H groups in total. The summed E-state index contributed by atoms with van der Waals surface area (Å²) in [4.78, 5) is 0. The molecule has 11 aromatic rings. The second-order valence-corrected chi connectivity index (χ2v) is 13.8. The van der Waals surface area contributed by atoms with Gasteiger partial charge < -0.3 is 13.6 Å². The van der Waals surface area contributed by atoms with Gasteiger partial charge in [0.1, 0.15) is 11.2 Å². The first-order valence-electron chi connectivity index (χ1n) is 17.9. The molecule has 0 unspecified atom stereocenters. The molecular weight excluding hydrogens is 633 g/mol. The van der Waals surface area contributed by atoms with Gasteiger partial charge in [-0.15, -0.1) is 0 Å². The van der Waals surface area contributed by atoms with Crippen molar-refractivity contribution in [2.24, 2.45) is 0 Å². The average Bonchev–Trinajstić information content (AvgIpc) is 3.84. The standard InChI is InChI=1S/C49H32N2O/c1-4-12-32(13-5-1)31-50-44-23-20-35(33-14-6-2-7-15-33)26-39(44)41-30-47-42(29-46(41)50)40-27-36(34-16-8-3-9-17-34)21-24-45(40)51(47)37-22-25-49-43(28-37)38-18-10-11-19-48(38)52-49/h1-30H,31H2. The molecule has 244 valence electrons. The highest BCUT2D eigenvalue weighted by Gasteiger charge is 2.20. The number of para-hydroxylation sites is 1. The fourth-order valence-corrected chi connectivity index (χ4v) is 8.30. The lowest BCUT2D eigenvalue weighted by Gasteiger charge is -2.10. The second-order valence-electron chi connectivity index (χ2n) is 13.8. The predicted octanol–water partition coefficient (Wildman–Crippen LogP) is 13.2. The van der Waals surface area contributed by atoms with Crippen LogP contribution >= 0.6 is 0 Å². The zero-order valence-corrected chi connectivity index (χ0v) is 28.3. The van der Waals surface area contributed by atoms with E-state index < -0.39 is 0 Å². The van der Waals surface area contributed by atoms with Crippen LogP contribution in [0.5, 0.6) is 0 Å². The van der Waals surface area contributed by atoms with Crippen LogP contribution in [-0.4, -0.2) is 9.13 Å². The van der Waals surface area contributed by atoms with E-state index in [-0.39, 0.29) is 0 Å². The van der Waals surface area contributed by atoms with Crippen molar-refractivity contribution >= 4 is 65.6 Å². The molecule has 0 fully saturated rings. The molecule has 0 amide bonds. The number of nitrogens with zero attached hydrogens (tertiary/aromatic N) is 2. The molecule has 8 aromatic carbocycles. The fourth-order valence-electron chi connectivity index (χ4n) is 8.30. The van der Waals surface area contributed by atoms with E-state index in [9.17, 15) is 0 Å². The number of rotatable bonds is 5. The van der Waals surface area contributed by atoms with Crippen molar-refractivity contribution in [3.05, 3.63) is 188 Å². The molecule has 3 heterocycles. The Hall–Kier alpha value is -6.84. The topological polar surface area (TPSA) is 23.0 Å². The first-order valence-corrected chi connectivity index (χ1v) is 17.9. The zero-order valence-electron chi connectivity index (χ0n) is 28.3. The van der Waals surface area contributed by atoms with Crippen LogP contribution in [0.2, 0.25) is 0 Å². The maximum Gasteiger partial charge on any atom is 0.135 e. The molecular formula is C49H32N2O. The van der Waals surface area contributed by atoms with Crippen LogP contribution in [0.3, 0.4) is 0 Å². The van der Waals surface area contributed by atoms with Crippen molar-refractivity contribution in [1.82, 2.24) is 9.13 Å². The third-order valence-corrected chi connectivity index (χ3v) is 10.8. The van der Waals surface area contributed by atoms with Crippen LogP contribution in [0.25, 0.3) is 93.5 Å². The zero-order chi connectivity index (χ0) is 34.2. The van der Waals surface area contributed by atoms with Gasteiger partial charge in [0.2, 0.25) is 0 Å². The molecule has 0 radical (unpaired) electrons. The quantitative estimate of drug-likeness (QED) is 0.180. The van der Waals surface area contributed by atoms with E-state index in [0.29, 0.717) is 0 Å². The molecule has 0 saturated carbocycles. The minimum atomic E-state index is 0.787. The minimum Gasteiger partial charge on any atom is -0.456 e. The Kier molecular flexibility index (Phi) is 6.31. The van der Waals surface area contributed by atoms with Crippen molar-refractivity contribution in [3.63, 3.8) is 0 Å². The summed E-state index contributed by atoms with van der Waals surface area (Å²) in [5, 5.41) is 7.23. The lowest BCUT2D eigenvalue weighted by atomic mass is 10.0. The van der Waals surface area contributed by atoms with E-state index in [4.69, 9.17) is 4.42 Å². The highest BCUT2D eigenvalue weighted by atomic mass is 16.3. The molecule has 0 atom stereocenters. The summed E-state index contributed by atoms with van der Waals surface area (Å²) in [6.07, 6.45) is 0. The maximum atomic E-state index is 6.26. The number of benzene rings is 8. The van der Waals surface area contributed by atoms with Crippen molar-refractivity contribution in [1.29, 1.82) is 0 Å². The third kappa shape index (κ3) is 4.46. The lowest BCUT2D eigenvalue weighted by molar-refractivity contribution is 0.669. The van der Waals surface area contributed by atoms with Gasteiger partial charge >= 0.3 is 0 Å². The molecule has 0 saturated heterocycles. The van der Waals surface area contributed by atoms with Gasteiger partial charge in [-0.2, -0.15) is 0 Å². The molecule has 0 aliphatic carbocycles. The molecule has 3 nitrogen and oxygen atoms in total.